The summed E-state index contributed by atoms with van der Waals surface area (Å²) in [5, 5.41) is 9.12. The first-order valence-electron chi connectivity index (χ1n) is 8.81. The Labute approximate surface area is 144 Å². The molecule has 2 heterocycles. The molecule has 1 aromatic carbocycles. The summed E-state index contributed by atoms with van der Waals surface area (Å²) in [6.45, 7) is 2.71. The highest BCUT2D eigenvalue weighted by Gasteiger charge is 2.38. The number of nitriles is 1. The van der Waals surface area contributed by atoms with Crippen LogP contribution < -0.4 is 0 Å². The quantitative estimate of drug-likeness (QED) is 0.790. The predicted molar refractivity (Wildman–Crippen MR) is 91.2 cm³/mol. The third-order valence-corrected chi connectivity index (χ3v) is 4.72. The number of ether oxygens (including phenoxy) is 3. The number of rotatable bonds is 4. The molecule has 0 unspecified atom stereocenters. The van der Waals surface area contributed by atoms with Crippen LogP contribution in [0.4, 0.5) is 0 Å². The summed E-state index contributed by atoms with van der Waals surface area (Å²) in [5.41, 5.74) is 1.17. The molecule has 1 fully saturated rings. The van der Waals surface area contributed by atoms with Crippen LogP contribution in [-0.2, 0) is 20.8 Å². The van der Waals surface area contributed by atoms with Gasteiger partial charge in [-0.25, -0.2) is 0 Å². The van der Waals surface area contributed by atoms with E-state index in [4.69, 9.17) is 19.5 Å². The number of benzene rings is 1. The van der Waals surface area contributed by atoms with Gasteiger partial charge < -0.3 is 14.2 Å². The van der Waals surface area contributed by atoms with E-state index in [1.165, 1.54) is 5.56 Å². The van der Waals surface area contributed by atoms with Gasteiger partial charge in [0.25, 0.3) is 0 Å². The highest BCUT2D eigenvalue weighted by atomic mass is 16.6. The normalized spacial score (nSPS) is 34.4. The lowest BCUT2D eigenvalue weighted by Gasteiger charge is -2.29. The smallest absolute Gasteiger partial charge is 0.147 e. The zero-order chi connectivity index (χ0) is 16.8. The van der Waals surface area contributed by atoms with Crippen molar-refractivity contribution >= 4 is 0 Å². The highest BCUT2D eigenvalue weighted by Crippen LogP contribution is 2.30. The highest BCUT2D eigenvalue weighted by molar-refractivity contribution is 5.13. The van der Waals surface area contributed by atoms with Gasteiger partial charge in [-0.05, 0) is 24.8 Å². The molecule has 4 heteroatoms. The Kier molecular flexibility index (Phi) is 6.03. The van der Waals surface area contributed by atoms with E-state index in [0.717, 1.165) is 19.3 Å². The van der Waals surface area contributed by atoms with Crippen LogP contribution in [0.15, 0.2) is 42.5 Å². The minimum absolute atomic E-state index is 0.0185. The summed E-state index contributed by atoms with van der Waals surface area (Å²) in [7, 11) is 0. The van der Waals surface area contributed by atoms with Crippen molar-refractivity contribution in [2.75, 3.05) is 0 Å². The van der Waals surface area contributed by atoms with Crippen LogP contribution >= 0.6 is 0 Å². The molecule has 24 heavy (non-hydrogen) atoms. The van der Waals surface area contributed by atoms with Crippen molar-refractivity contribution in [3.63, 3.8) is 0 Å². The van der Waals surface area contributed by atoms with E-state index in [2.05, 4.69) is 37.3 Å². The Hall–Kier alpha value is -1.67. The molecule has 0 N–H and O–H groups in total. The van der Waals surface area contributed by atoms with Crippen LogP contribution in [0.5, 0.6) is 0 Å². The Morgan fingerprint density at radius 1 is 1.12 bits per heavy atom. The number of hydrogen-bond acceptors (Lipinski definition) is 4. The van der Waals surface area contributed by atoms with Crippen LogP contribution in [0.25, 0.3) is 0 Å². The first kappa shape index (κ1) is 17.2. The fourth-order valence-corrected chi connectivity index (χ4v) is 3.39. The summed E-state index contributed by atoms with van der Waals surface area (Å²) in [5.74, 6) is 0. The summed E-state index contributed by atoms with van der Waals surface area (Å²) >= 11 is 0. The zero-order valence-corrected chi connectivity index (χ0v) is 14.1. The molecule has 0 aromatic heterocycles. The third-order valence-electron chi connectivity index (χ3n) is 4.72. The topological polar surface area (TPSA) is 51.5 Å². The maximum Gasteiger partial charge on any atom is 0.147 e. The molecule has 0 radical (unpaired) electrons. The van der Waals surface area contributed by atoms with Crippen molar-refractivity contribution in [1.82, 2.24) is 0 Å². The van der Waals surface area contributed by atoms with Gasteiger partial charge in [-0.2, -0.15) is 5.26 Å². The molecular formula is C20H25NO3. The molecule has 0 bridgehead atoms. The van der Waals surface area contributed by atoms with Gasteiger partial charge in [0, 0.05) is 6.42 Å². The van der Waals surface area contributed by atoms with Crippen molar-refractivity contribution in [1.29, 1.82) is 5.26 Å². The molecular weight excluding hydrogens is 302 g/mol. The molecule has 1 aromatic rings. The summed E-state index contributed by atoms with van der Waals surface area (Å²) in [6, 6.07) is 12.4. The van der Waals surface area contributed by atoms with Crippen LogP contribution in [0.3, 0.4) is 0 Å². The lowest BCUT2D eigenvalue weighted by atomic mass is 10.1. The first-order valence-corrected chi connectivity index (χ1v) is 8.81. The van der Waals surface area contributed by atoms with Gasteiger partial charge in [0.1, 0.15) is 6.10 Å². The fraction of sp³-hybridized carbons (Fsp3) is 0.550. The van der Waals surface area contributed by atoms with Gasteiger partial charge in [-0.3, -0.25) is 0 Å². The van der Waals surface area contributed by atoms with Gasteiger partial charge in [-0.15, -0.1) is 0 Å². The number of fused-ring (bicyclic) bond motifs is 1. The van der Waals surface area contributed by atoms with E-state index in [9.17, 15) is 0 Å². The van der Waals surface area contributed by atoms with Crippen LogP contribution in [-0.4, -0.2) is 30.5 Å². The summed E-state index contributed by atoms with van der Waals surface area (Å²) in [4.78, 5) is 0. The van der Waals surface area contributed by atoms with Gasteiger partial charge in [0.05, 0.1) is 37.1 Å². The molecule has 0 saturated carbocycles. The van der Waals surface area contributed by atoms with Crippen molar-refractivity contribution in [2.24, 2.45) is 0 Å². The molecule has 128 valence electrons. The fourth-order valence-electron chi connectivity index (χ4n) is 3.39. The third kappa shape index (κ3) is 4.24. The Morgan fingerprint density at radius 3 is 2.67 bits per heavy atom. The monoisotopic (exact) mass is 327 g/mol. The van der Waals surface area contributed by atoms with Crippen LogP contribution in [0.2, 0.25) is 0 Å². The first-order chi connectivity index (χ1) is 11.8. The van der Waals surface area contributed by atoms with E-state index >= 15 is 0 Å². The van der Waals surface area contributed by atoms with E-state index in [0.29, 0.717) is 13.0 Å². The second kappa shape index (κ2) is 8.43. The Bertz CT molecular complexity index is 580. The molecule has 5 atom stereocenters. The Morgan fingerprint density at radius 2 is 1.92 bits per heavy atom. The van der Waals surface area contributed by atoms with Crippen molar-refractivity contribution in [3.05, 3.63) is 48.0 Å². The maximum atomic E-state index is 9.12. The van der Waals surface area contributed by atoms with Crippen LogP contribution in [0, 0.1) is 11.3 Å². The van der Waals surface area contributed by atoms with Crippen molar-refractivity contribution < 1.29 is 14.2 Å². The predicted octanol–water partition coefficient (Wildman–Crippen LogP) is 3.77. The number of nitrogens with zero attached hydrogens (tertiary/aromatic N) is 1. The van der Waals surface area contributed by atoms with E-state index in [1.54, 1.807) is 0 Å². The molecule has 3 rings (SSSR count). The molecule has 0 aliphatic carbocycles. The zero-order valence-electron chi connectivity index (χ0n) is 14.1. The molecule has 4 nitrogen and oxygen atoms in total. The van der Waals surface area contributed by atoms with Crippen molar-refractivity contribution in [3.8, 4) is 6.07 Å². The summed E-state index contributed by atoms with van der Waals surface area (Å²) in [6.07, 6.45) is 7.11. The standard InChI is InChI=1S/C20H25NO3/c1-2-17-18(22-14-15-8-4-3-5-9-15)10-6-7-11-19-20(24-17)12-16(13-21)23-19/h3-9,16-20H,2,10-12,14H2,1H3/b7-6-/t16-,17+,18+,19+,20+/m1/s1. The average molecular weight is 327 g/mol. The minimum Gasteiger partial charge on any atom is -0.371 e. The maximum absolute atomic E-state index is 9.12. The molecule has 0 amide bonds. The van der Waals surface area contributed by atoms with E-state index < -0.39 is 0 Å². The largest absolute Gasteiger partial charge is 0.371 e. The lowest BCUT2D eigenvalue weighted by molar-refractivity contribution is -0.119. The average Bonchev–Trinajstić information content (AvgIpc) is 3.04. The van der Waals surface area contributed by atoms with Gasteiger partial charge in [0.15, 0.2) is 0 Å². The summed E-state index contributed by atoms with van der Waals surface area (Å²) < 4.78 is 18.3. The van der Waals surface area contributed by atoms with Crippen LogP contribution in [0.1, 0.15) is 38.2 Å². The second-order valence-electron chi connectivity index (χ2n) is 6.43. The SMILES string of the molecule is CC[C@@H]1O[C@H]2C[C@H](C#N)O[C@H]2C/C=C\C[C@@H]1OCc1ccccc1. The Balaban J connectivity index is 1.66. The van der Waals surface area contributed by atoms with Gasteiger partial charge in [-0.1, -0.05) is 49.4 Å². The minimum atomic E-state index is -0.353. The van der Waals surface area contributed by atoms with Crippen molar-refractivity contribution in [2.45, 2.75) is 69.7 Å². The van der Waals surface area contributed by atoms with E-state index in [-0.39, 0.29) is 30.5 Å². The molecule has 0 spiro atoms. The second-order valence-corrected chi connectivity index (χ2v) is 6.43. The lowest BCUT2D eigenvalue weighted by Crippen LogP contribution is -2.36. The molecule has 2 aliphatic heterocycles. The molecule has 1 saturated heterocycles. The van der Waals surface area contributed by atoms with Gasteiger partial charge in [0.2, 0.25) is 0 Å². The van der Waals surface area contributed by atoms with Gasteiger partial charge >= 0.3 is 0 Å². The van der Waals surface area contributed by atoms with E-state index in [1.807, 2.05) is 18.2 Å². The molecule has 2 aliphatic rings. The number of hydrogen-bond donors (Lipinski definition) is 0.